The number of aliphatic hydroxyl groups is 1. The van der Waals surface area contributed by atoms with Crippen LogP contribution in [0.5, 0.6) is 0 Å². The van der Waals surface area contributed by atoms with Crippen LogP contribution in [0.4, 0.5) is 0 Å². The monoisotopic (exact) mass is 314 g/mol. The van der Waals surface area contributed by atoms with E-state index in [1.165, 1.54) is 0 Å². The summed E-state index contributed by atoms with van der Waals surface area (Å²) in [7, 11) is 0. The average Bonchev–Trinajstić information content (AvgIpc) is 2.48. The van der Waals surface area contributed by atoms with Crippen molar-refractivity contribution in [3.8, 4) is 0 Å². The van der Waals surface area contributed by atoms with Crippen molar-refractivity contribution in [1.29, 1.82) is 0 Å². The van der Waals surface area contributed by atoms with Crippen LogP contribution in [0.3, 0.4) is 0 Å². The van der Waals surface area contributed by atoms with Crippen molar-refractivity contribution in [2.75, 3.05) is 19.8 Å². The highest BCUT2D eigenvalue weighted by Gasteiger charge is 2.49. The maximum absolute atomic E-state index is 12.3. The van der Waals surface area contributed by atoms with Gasteiger partial charge in [-0.2, -0.15) is 0 Å². The first-order valence-corrected chi connectivity index (χ1v) is 7.32. The number of esters is 2. The van der Waals surface area contributed by atoms with Gasteiger partial charge in [0.2, 0.25) is 0 Å². The lowest BCUT2D eigenvalue weighted by molar-refractivity contribution is -0.192. The molecule has 7 nitrogen and oxygen atoms in total. The molecule has 0 amide bonds. The van der Waals surface area contributed by atoms with Gasteiger partial charge in [-0.3, -0.25) is 9.59 Å². The molecule has 0 bridgehead atoms. The van der Waals surface area contributed by atoms with Gasteiger partial charge in [-0.05, 0) is 33.3 Å². The zero-order valence-corrected chi connectivity index (χ0v) is 13.1. The zero-order valence-electron chi connectivity index (χ0n) is 13.1. The molecule has 0 aliphatic heterocycles. The molecule has 0 aromatic carbocycles. The van der Waals surface area contributed by atoms with Crippen molar-refractivity contribution in [2.24, 2.45) is 5.41 Å². The van der Waals surface area contributed by atoms with Gasteiger partial charge in [0.15, 0.2) is 12.1 Å². The van der Waals surface area contributed by atoms with Crippen LogP contribution in [-0.2, 0) is 28.6 Å². The van der Waals surface area contributed by atoms with Gasteiger partial charge in [-0.15, -0.1) is 0 Å². The number of hydrogen-bond donors (Lipinski definition) is 1. The first-order chi connectivity index (χ1) is 10.4. The molecule has 2 unspecified atom stereocenters. The van der Waals surface area contributed by atoms with E-state index in [1.807, 2.05) is 0 Å². The van der Waals surface area contributed by atoms with E-state index in [0.717, 1.165) is 6.08 Å². The van der Waals surface area contributed by atoms with Crippen molar-refractivity contribution >= 4 is 17.7 Å². The second kappa shape index (κ2) is 8.05. The van der Waals surface area contributed by atoms with E-state index in [1.54, 1.807) is 20.8 Å². The summed E-state index contributed by atoms with van der Waals surface area (Å²) < 4.78 is 14.9. The molecule has 0 spiro atoms. The molecule has 0 heterocycles. The van der Waals surface area contributed by atoms with E-state index >= 15 is 0 Å². The fourth-order valence-corrected chi connectivity index (χ4v) is 2.28. The third-order valence-corrected chi connectivity index (χ3v) is 3.38. The van der Waals surface area contributed by atoms with Gasteiger partial charge in [0.05, 0.1) is 18.8 Å². The summed E-state index contributed by atoms with van der Waals surface area (Å²) in [6.45, 7) is 5.27. The first kappa shape index (κ1) is 18.3. The summed E-state index contributed by atoms with van der Waals surface area (Å²) in [6, 6.07) is 0. The minimum absolute atomic E-state index is 0.00867. The van der Waals surface area contributed by atoms with E-state index in [9.17, 15) is 19.5 Å². The fraction of sp³-hybridized carbons (Fsp3) is 0.667. The predicted octanol–water partition coefficient (Wildman–Crippen LogP) is 0.743. The highest BCUT2D eigenvalue weighted by molar-refractivity contribution is 6.18. The Kier molecular flexibility index (Phi) is 6.70. The van der Waals surface area contributed by atoms with Crippen molar-refractivity contribution in [3.63, 3.8) is 0 Å². The van der Waals surface area contributed by atoms with Gasteiger partial charge < -0.3 is 19.3 Å². The van der Waals surface area contributed by atoms with Crippen LogP contribution in [0, 0.1) is 5.41 Å². The molecule has 7 heteroatoms. The van der Waals surface area contributed by atoms with Gasteiger partial charge in [-0.25, -0.2) is 4.79 Å². The van der Waals surface area contributed by atoms with Crippen molar-refractivity contribution in [1.82, 2.24) is 0 Å². The first-order valence-electron chi connectivity index (χ1n) is 7.32. The highest BCUT2D eigenvalue weighted by Crippen LogP contribution is 2.38. The standard InChI is InChI=1S/C15H22O7/c1-4-20-12(17)10-9-15(8-7-11(10)16,13(18)21-5-2)14(19)22-6-3/h9,13,18H,4-8H2,1-3H3. The van der Waals surface area contributed by atoms with Gasteiger partial charge in [-0.1, -0.05) is 0 Å². The van der Waals surface area contributed by atoms with Crippen LogP contribution in [0.2, 0.25) is 0 Å². The van der Waals surface area contributed by atoms with Crippen molar-refractivity contribution in [2.45, 2.75) is 39.9 Å². The molecule has 0 radical (unpaired) electrons. The summed E-state index contributed by atoms with van der Waals surface area (Å²) in [5.74, 6) is -1.98. The smallest absolute Gasteiger partial charge is 0.341 e. The number of carbonyl (C=O) groups excluding carboxylic acids is 3. The molecule has 0 fully saturated rings. The van der Waals surface area contributed by atoms with E-state index in [-0.39, 0.29) is 38.2 Å². The number of Topliss-reactive ketones (excluding diaryl/α,β-unsaturated/α-hetero) is 1. The lowest BCUT2D eigenvalue weighted by Gasteiger charge is -2.35. The lowest BCUT2D eigenvalue weighted by atomic mass is 9.75. The molecule has 2 atom stereocenters. The van der Waals surface area contributed by atoms with E-state index in [2.05, 4.69) is 0 Å². The Morgan fingerprint density at radius 2 is 1.86 bits per heavy atom. The Bertz CT molecular complexity index is 469. The topological polar surface area (TPSA) is 99.1 Å². The number of ketones is 1. The van der Waals surface area contributed by atoms with Crippen LogP contribution in [0.15, 0.2) is 11.6 Å². The largest absolute Gasteiger partial charge is 0.465 e. The Morgan fingerprint density at radius 3 is 2.41 bits per heavy atom. The SMILES string of the molecule is CCOC(=O)C1=CC(C(=O)OCC)(C(O)OCC)CCC1=O. The Morgan fingerprint density at radius 1 is 1.23 bits per heavy atom. The van der Waals surface area contributed by atoms with E-state index < -0.39 is 29.4 Å². The molecule has 1 N–H and O–H groups in total. The van der Waals surface area contributed by atoms with E-state index in [4.69, 9.17) is 14.2 Å². The number of carbonyl (C=O) groups is 3. The molecule has 0 aromatic rings. The zero-order chi connectivity index (χ0) is 16.8. The molecule has 1 aliphatic carbocycles. The molecule has 1 aliphatic rings. The normalized spacial score (nSPS) is 22.7. The molecule has 0 saturated heterocycles. The summed E-state index contributed by atoms with van der Waals surface area (Å²) in [6.07, 6.45) is -0.439. The quantitative estimate of drug-likeness (QED) is 0.420. The van der Waals surface area contributed by atoms with Gasteiger partial charge in [0, 0.05) is 13.0 Å². The molecular weight excluding hydrogens is 292 g/mol. The molecule has 124 valence electrons. The molecule has 0 saturated carbocycles. The van der Waals surface area contributed by atoms with Gasteiger partial charge in [0.25, 0.3) is 0 Å². The average molecular weight is 314 g/mol. The molecule has 22 heavy (non-hydrogen) atoms. The summed E-state index contributed by atoms with van der Waals surface area (Å²) >= 11 is 0. The Labute approximate surface area is 129 Å². The van der Waals surface area contributed by atoms with Gasteiger partial charge in [0.1, 0.15) is 5.41 Å². The van der Waals surface area contributed by atoms with Gasteiger partial charge >= 0.3 is 11.9 Å². The Hall–Kier alpha value is -1.73. The second-order valence-corrected chi connectivity index (χ2v) is 4.77. The third-order valence-electron chi connectivity index (χ3n) is 3.38. The van der Waals surface area contributed by atoms with Crippen LogP contribution >= 0.6 is 0 Å². The van der Waals surface area contributed by atoms with Crippen LogP contribution in [0.1, 0.15) is 33.6 Å². The second-order valence-electron chi connectivity index (χ2n) is 4.77. The molecular formula is C15H22O7. The Balaban J connectivity index is 3.27. The maximum Gasteiger partial charge on any atom is 0.341 e. The van der Waals surface area contributed by atoms with Crippen molar-refractivity contribution < 1.29 is 33.7 Å². The highest BCUT2D eigenvalue weighted by atomic mass is 16.6. The number of ether oxygens (including phenoxy) is 3. The van der Waals surface area contributed by atoms with Crippen molar-refractivity contribution in [3.05, 3.63) is 11.6 Å². The molecule has 1 rings (SSSR count). The minimum atomic E-state index is -1.58. The summed E-state index contributed by atoms with van der Waals surface area (Å²) in [5.41, 5.74) is -1.83. The van der Waals surface area contributed by atoms with Crippen LogP contribution in [-0.4, -0.2) is 48.9 Å². The third kappa shape index (κ3) is 3.72. The fourth-order valence-electron chi connectivity index (χ4n) is 2.28. The van der Waals surface area contributed by atoms with Crippen LogP contribution in [0.25, 0.3) is 0 Å². The number of hydrogen-bond acceptors (Lipinski definition) is 7. The minimum Gasteiger partial charge on any atom is -0.465 e. The van der Waals surface area contributed by atoms with E-state index in [0.29, 0.717) is 0 Å². The summed E-state index contributed by atoms with van der Waals surface area (Å²) in [4.78, 5) is 36.1. The number of aliphatic hydroxyl groups excluding tert-OH is 1. The predicted molar refractivity (Wildman–Crippen MR) is 75.7 cm³/mol. The number of rotatable bonds is 7. The lowest BCUT2D eigenvalue weighted by Crippen LogP contribution is -2.47. The van der Waals surface area contributed by atoms with Crippen LogP contribution < -0.4 is 0 Å². The molecule has 0 aromatic heterocycles. The maximum atomic E-state index is 12.3. The summed E-state index contributed by atoms with van der Waals surface area (Å²) in [5, 5.41) is 10.2.